The minimum atomic E-state index is -1.17. The van der Waals surface area contributed by atoms with Crippen LogP contribution in [-0.4, -0.2) is 55.4 Å². The Bertz CT molecular complexity index is 676. The van der Waals surface area contributed by atoms with E-state index in [1.807, 2.05) is 0 Å². The van der Waals surface area contributed by atoms with Crippen molar-refractivity contribution in [2.24, 2.45) is 17.8 Å². The molecule has 8 heteroatoms. The number of nitro groups is 2. The Morgan fingerprint density at radius 2 is 1.92 bits per heavy atom. The highest BCUT2D eigenvalue weighted by molar-refractivity contribution is 9.09. The van der Waals surface area contributed by atoms with Crippen LogP contribution in [0.1, 0.15) is 45.4 Å². The van der Waals surface area contributed by atoms with Crippen molar-refractivity contribution in [2.45, 2.75) is 73.4 Å². The molecule has 0 radical (unpaired) electrons. The summed E-state index contributed by atoms with van der Waals surface area (Å²) < 4.78 is 0.617. The van der Waals surface area contributed by atoms with Crippen molar-refractivity contribution in [3.05, 3.63) is 20.2 Å². The van der Waals surface area contributed by atoms with Gasteiger partial charge in [0.15, 0.2) is 13.1 Å². The van der Waals surface area contributed by atoms with Gasteiger partial charge >= 0.3 is 0 Å². The third-order valence-electron chi connectivity index (χ3n) is 8.87. The van der Waals surface area contributed by atoms with Crippen LogP contribution in [-0.2, 0) is 0 Å². The number of hydrogen-bond acceptors (Lipinski definition) is 4. The molecule has 25 heavy (non-hydrogen) atoms. The molecule has 3 saturated carbocycles. The summed E-state index contributed by atoms with van der Waals surface area (Å²) in [6, 6.07) is 0.308. The number of quaternary nitrogens is 1. The zero-order chi connectivity index (χ0) is 17.8. The highest BCUT2D eigenvalue weighted by Crippen LogP contribution is 2.63. The zero-order valence-corrected chi connectivity index (χ0v) is 16.1. The summed E-state index contributed by atoms with van der Waals surface area (Å²) in [5, 5.41) is 24.0. The maximum atomic E-state index is 12.0. The minimum absolute atomic E-state index is 0.0127. The van der Waals surface area contributed by atoms with Gasteiger partial charge in [-0.05, 0) is 38.0 Å². The van der Waals surface area contributed by atoms with Crippen LogP contribution in [0.25, 0.3) is 0 Å². The van der Waals surface area contributed by atoms with Gasteiger partial charge in [-0.3, -0.25) is 20.2 Å². The van der Waals surface area contributed by atoms with Gasteiger partial charge in [0, 0.05) is 15.8 Å². The van der Waals surface area contributed by atoms with E-state index in [0.717, 1.165) is 11.8 Å². The number of halogens is 1. The molecule has 3 heterocycles. The van der Waals surface area contributed by atoms with E-state index in [4.69, 9.17) is 0 Å². The summed E-state index contributed by atoms with van der Waals surface area (Å²) >= 11 is 3.65. The number of rotatable bonds is 4. The van der Waals surface area contributed by atoms with Crippen LogP contribution in [0.5, 0.6) is 0 Å². The highest BCUT2D eigenvalue weighted by atomic mass is 79.9. The predicted molar refractivity (Wildman–Crippen MR) is 93.6 cm³/mol. The van der Waals surface area contributed by atoms with Crippen molar-refractivity contribution in [1.82, 2.24) is 0 Å². The normalized spacial score (nSPS) is 56.5. The molecule has 0 aromatic rings. The largest absolute Gasteiger partial charge is 0.305 e. The Balaban J connectivity index is 1.57. The van der Waals surface area contributed by atoms with Gasteiger partial charge in [-0.1, -0.05) is 22.4 Å². The summed E-state index contributed by atoms with van der Waals surface area (Å²) in [5.41, 5.74) is -2.26. The van der Waals surface area contributed by atoms with E-state index >= 15 is 0 Å². The standard InChI is InChI=1S/C17H25BrN3O4/c1-10(13-5-11-2-3-12(13)4-11)21-8-16(19(22)23)6-14(21)15(18)17(7-16,9-21)20(24)25/h10-15H,2-9H2,1H3/q+1. The van der Waals surface area contributed by atoms with Crippen LogP contribution < -0.4 is 0 Å². The zero-order valence-electron chi connectivity index (χ0n) is 14.5. The molecular weight excluding hydrogens is 390 g/mol. The molecule has 0 aromatic carbocycles. The van der Waals surface area contributed by atoms with E-state index in [0.29, 0.717) is 36.0 Å². The first-order valence-corrected chi connectivity index (χ1v) is 10.5. The smallest absolute Gasteiger partial charge is 0.294 e. The first-order chi connectivity index (χ1) is 11.7. The van der Waals surface area contributed by atoms with Gasteiger partial charge in [0.25, 0.3) is 11.1 Å². The molecule has 0 aromatic heterocycles. The Labute approximate surface area is 155 Å². The molecule has 6 rings (SSSR count). The van der Waals surface area contributed by atoms with Gasteiger partial charge in [0.1, 0.15) is 17.3 Å². The predicted octanol–water partition coefficient (Wildman–Crippen LogP) is 2.61. The second-order valence-electron chi connectivity index (χ2n) is 9.69. The van der Waals surface area contributed by atoms with Gasteiger partial charge < -0.3 is 4.48 Å². The lowest BCUT2D eigenvalue weighted by Gasteiger charge is -2.46. The summed E-state index contributed by atoms with van der Waals surface area (Å²) in [6.45, 7) is 3.22. The summed E-state index contributed by atoms with van der Waals surface area (Å²) in [7, 11) is 0. The molecule has 0 spiro atoms. The number of hydrogen-bond donors (Lipinski definition) is 0. The molecule has 6 aliphatic rings. The maximum Gasteiger partial charge on any atom is 0.294 e. The Morgan fingerprint density at radius 1 is 1.16 bits per heavy atom. The number of alkyl halides is 1. The molecule has 0 amide bonds. The minimum Gasteiger partial charge on any atom is -0.305 e. The number of nitrogens with zero attached hydrogens (tertiary/aromatic N) is 3. The van der Waals surface area contributed by atoms with E-state index in [2.05, 4.69) is 22.9 Å². The first kappa shape index (κ1) is 16.4. The van der Waals surface area contributed by atoms with Crippen molar-refractivity contribution in [2.75, 3.05) is 13.1 Å². The van der Waals surface area contributed by atoms with Gasteiger partial charge in [-0.25, -0.2) is 0 Å². The molecular formula is C17H25BrN3O4+. The monoisotopic (exact) mass is 414 g/mol. The molecule has 3 saturated heterocycles. The molecule has 3 aliphatic carbocycles. The summed E-state index contributed by atoms with van der Waals surface area (Å²) in [6.07, 6.45) is 5.73. The Kier molecular flexibility index (Phi) is 3.11. The second kappa shape index (κ2) is 4.74. The van der Waals surface area contributed by atoms with Crippen LogP contribution in [0.15, 0.2) is 0 Å². The van der Waals surface area contributed by atoms with Crippen molar-refractivity contribution in [3.63, 3.8) is 0 Å². The fourth-order valence-corrected chi connectivity index (χ4v) is 9.05. The number of fused-ring (bicyclic) bond motifs is 2. The van der Waals surface area contributed by atoms with Crippen LogP contribution in [0.3, 0.4) is 0 Å². The van der Waals surface area contributed by atoms with Gasteiger partial charge in [-0.15, -0.1) is 0 Å². The van der Waals surface area contributed by atoms with Crippen molar-refractivity contribution < 1.29 is 14.3 Å². The first-order valence-electron chi connectivity index (χ1n) is 9.54. The fourth-order valence-electron chi connectivity index (χ4n) is 7.92. The Hall–Kier alpha value is -0.760. The van der Waals surface area contributed by atoms with Crippen LogP contribution in [0.4, 0.5) is 0 Å². The highest BCUT2D eigenvalue weighted by Gasteiger charge is 2.86. The van der Waals surface area contributed by atoms with Crippen LogP contribution in [0, 0.1) is 38.0 Å². The molecule has 3 aliphatic heterocycles. The van der Waals surface area contributed by atoms with Gasteiger partial charge in [-0.2, -0.15) is 0 Å². The van der Waals surface area contributed by atoms with E-state index in [-0.39, 0.29) is 27.1 Å². The average molecular weight is 415 g/mol. The summed E-state index contributed by atoms with van der Waals surface area (Å²) in [5.74, 6) is 2.14. The van der Waals surface area contributed by atoms with E-state index in [1.54, 1.807) is 0 Å². The lowest BCUT2D eigenvalue weighted by atomic mass is 9.72. The molecule has 0 N–H and O–H groups in total. The quantitative estimate of drug-likeness (QED) is 0.306. The summed E-state index contributed by atoms with van der Waals surface area (Å²) in [4.78, 5) is 23.4. The van der Waals surface area contributed by atoms with Crippen LogP contribution in [0.2, 0.25) is 0 Å². The molecule has 6 bridgehead atoms. The van der Waals surface area contributed by atoms with Crippen molar-refractivity contribution in [3.8, 4) is 0 Å². The Morgan fingerprint density at radius 3 is 2.48 bits per heavy atom. The van der Waals surface area contributed by atoms with Crippen molar-refractivity contribution in [1.29, 1.82) is 0 Å². The average Bonchev–Trinajstić information content (AvgIpc) is 3.28. The molecule has 9 unspecified atom stereocenters. The lowest BCUT2D eigenvalue weighted by Crippen LogP contribution is -2.67. The second-order valence-corrected chi connectivity index (χ2v) is 10.7. The van der Waals surface area contributed by atoms with Gasteiger partial charge in [0.2, 0.25) is 0 Å². The van der Waals surface area contributed by atoms with Gasteiger partial charge in [0.05, 0.1) is 12.5 Å². The van der Waals surface area contributed by atoms with E-state index < -0.39 is 11.1 Å². The molecule has 138 valence electrons. The molecule has 9 atom stereocenters. The van der Waals surface area contributed by atoms with E-state index in [1.165, 1.54) is 25.7 Å². The third kappa shape index (κ3) is 1.76. The maximum absolute atomic E-state index is 12.0. The van der Waals surface area contributed by atoms with Crippen LogP contribution >= 0.6 is 15.9 Å². The molecule has 6 fully saturated rings. The van der Waals surface area contributed by atoms with E-state index in [9.17, 15) is 20.2 Å². The molecule has 7 nitrogen and oxygen atoms in total. The SMILES string of the molecule is CC(C1CC2CCC1C2)[N+]12CC3([N+](=O)[O-])CC1C(Br)C([N+](=O)[O-])(C3)C2. The lowest BCUT2D eigenvalue weighted by molar-refractivity contribution is -0.969. The topological polar surface area (TPSA) is 86.3 Å². The number of piperidine rings is 1. The fraction of sp³-hybridized carbons (Fsp3) is 1.00. The third-order valence-corrected chi connectivity index (χ3v) is 10.3. The van der Waals surface area contributed by atoms with Crippen molar-refractivity contribution >= 4 is 15.9 Å².